The molecule has 0 saturated heterocycles. The molecule has 4 heterocycles. The van der Waals surface area contributed by atoms with Gasteiger partial charge in [-0.15, -0.1) is 0 Å². The predicted octanol–water partition coefficient (Wildman–Crippen LogP) is 13.7. The number of para-hydroxylation sites is 7. The van der Waals surface area contributed by atoms with Crippen LogP contribution in [-0.4, -0.2) is 18.4 Å². The van der Waals surface area contributed by atoms with Crippen molar-refractivity contribution in [3.8, 4) is 11.5 Å². The minimum atomic E-state index is 0.00705. The monoisotopic (exact) mass is 874 g/mol. The molecule has 10 aromatic rings. The average molecular weight is 875 g/mol. The molecule has 0 radical (unpaired) electrons. The first-order chi connectivity index (χ1) is 33.7. The summed E-state index contributed by atoms with van der Waals surface area (Å²) in [5.74, 6) is 2.25. The van der Waals surface area contributed by atoms with Gasteiger partial charge in [-0.2, -0.15) is 0 Å². The van der Waals surface area contributed by atoms with Crippen LogP contribution in [0.1, 0.15) is 0 Å². The smallest absolute Gasteiger partial charge is 0.252 e. The van der Waals surface area contributed by atoms with E-state index < -0.39 is 0 Å². The van der Waals surface area contributed by atoms with E-state index in [0.717, 1.165) is 74.1 Å². The van der Waals surface area contributed by atoms with Crippen molar-refractivity contribution >= 4 is 97.2 Å². The van der Waals surface area contributed by atoms with Gasteiger partial charge in [-0.3, -0.25) is 4.90 Å². The molecule has 3 aliphatic heterocycles. The number of pyridine rings is 1. The quantitative estimate of drug-likeness (QED) is 0.134. The van der Waals surface area contributed by atoms with Crippen molar-refractivity contribution in [2.24, 2.45) is 0 Å². The molecule has 9 aromatic carbocycles. The molecule has 0 amide bonds. The van der Waals surface area contributed by atoms with Gasteiger partial charge in [0, 0.05) is 63.8 Å². The summed E-state index contributed by atoms with van der Waals surface area (Å²) in [4.78, 5) is 16.8. The number of nitrogens with zero attached hydrogens (tertiary/aromatic N) is 6. The summed E-state index contributed by atoms with van der Waals surface area (Å²) in [6.45, 7) is 0.693. The van der Waals surface area contributed by atoms with Crippen molar-refractivity contribution in [3.63, 3.8) is 0 Å². The summed E-state index contributed by atoms with van der Waals surface area (Å²) in [5.41, 5.74) is 16.9. The fourth-order valence-corrected chi connectivity index (χ4v) is 10.4. The second-order valence-corrected chi connectivity index (χ2v) is 17.2. The first-order valence-corrected chi connectivity index (χ1v) is 23.1. The minimum Gasteiger partial charge on any atom is -0.457 e. The molecule has 0 fully saturated rings. The highest BCUT2D eigenvalue weighted by Gasteiger charge is 2.43. The largest absolute Gasteiger partial charge is 0.457 e. The first kappa shape index (κ1) is 39.4. The van der Waals surface area contributed by atoms with Gasteiger partial charge in [0.1, 0.15) is 24.0 Å². The second kappa shape index (κ2) is 16.5. The maximum Gasteiger partial charge on any atom is 0.252 e. The molecule has 322 valence electrons. The Morgan fingerprint density at radius 1 is 0.382 bits per heavy atom. The Morgan fingerprint density at radius 3 is 1.46 bits per heavy atom. The third-order valence-electron chi connectivity index (χ3n) is 13.3. The van der Waals surface area contributed by atoms with Crippen LogP contribution >= 0.6 is 0 Å². The van der Waals surface area contributed by atoms with E-state index in [0.29, 0.717) is 12.4 Å². The van der Waals surface area contributed by atoms with Crippen molar-refractivity contribution in [3.05, 3.63) is 249 Å². The van der Waals surface area contributed by atoms with Gasteiger partial charge in [0.25, 0.3) is 6.71 Å². The van der Waals surface area contributed by atoms with E-state index in [-0.39, 0.29) is 6.71 Å². The zero-order valence-corrected chi connectivity index (χ0v) is 37.0. The molecule has 0 aliphatic carbocycles. The molecule has 0 bridgehead atoms. The summed E-state index contributed by atoms with van der Waals surface area (Å²) < 4.78 is 6.82. The first-order valence-electron chi connectivity index (χ1n) is 23.1. The van der Waals surface area contributed by atoms with Crippen LogP contribution in [0.5, 0.6) is 11.5 Å². The number of anilines is 13. The molecule has 0 atom stereocenters. The summed E-state index contributed by atoms with van der Waals surface area (Å²) in [5, 5.41) is 0. The van der Waals surface area contributed by atoms with Crippen molar-refractivity contribution in [1.29, 1.82) is 0 Å². The van der Waals surface area contributed by atoms with Crippen LogP contribution in [0.15, 0.2) is 249 Å². The van der Waals surface area contributed by atoms with Gasteiger partial charge in [-0.25, -0.2) is 4.98 Å². The lowest BCUT2D eigenvalue weighted by Gasteiger charge is -2.44. The van der Waals surface area contributed by atoms with Crippen LogP contribution in [-0.2, 0) is 0 Å². The van der Waals surface area contributed by atoms with Crippen LogP contribution in [0.2, 0.25) is 0 Å². The van der Waals surface area contributed by atoms with Gasteiger partial charge in [0.15, 0.2) is 0 Å². The van der Waals surface area contributed by atoms with E-state index in [1.54, 1.807) is 0 Å². The number of fused-ring (bicyclic) bond motifs is 5. The SMILES string of the molecule is c1ccc(N2CN(c3cccc(Oc4cccc(N(c5cc6c7c(c5)N(c5ccccc5)c5ccccc5B7c5ccccc5N6c5ccccc5)c5ccccn5)c4)c3)c3ccccc32)cc1. The van der Waals surface area contributed by atoms with Crippen molar-refractivity contribution in [1.82, 2.24) is 4.98 Å². The highest BCUT2D eigenvalue weighted by molar-refractivity contribution is 7.00. The maximum absolute atomic E-state index is 6.82. The molecular weight excluding hydrogens is 832 g/mol. The number of hydrogen-bond donors (Lipinski definition) is 0. The highest BCUT2D eigenvalue weighted by Crippen LogP contribution is 2.49. The van der Waals surface area contributed by atoms with Crippen LogP contribution < -0.4 is 45.6 Å². The van der Waals surface area contributed by atoms with Crippen LogP contribution in [0.3, 0.4) is 0 Å². The van der Waals surface area contributed by atoms with Crippen molar-refractivity contribution in [2.45, 2.75) is 0 Å². The number of aromatic nitrogens is 1. The molecule has 1 aromatic heterocycles. The van der Waals surface area contributed by atoms with Crippen LogP contribution in [0, 0.1) is 0 Å². The van der Waals surface area contributed by atoms with Gasteiger partial charge in [0.2, 0.25) is 0 Å². The molecule has 8 heteroatoms. The Bertz CT molecular complexity index is 3350. The van der Waals surface area contributed by atoms with Gasteiger partial charge in [-0.05, 0) is 126 Å². The third-order valence-corrected chi connectivity index (χ3v) is 13.3. The van der Waals surface area contributed by atoms with Crippen molar-refractivity contribution in [2.75, 3.05) is 31.2 Å². The van der Waals surface area contributed by atoms with Crippen molar-refractivity contribution < 1.29 is 4.74 Å². The van der Waals surface area contributed by atoms with Gasteiger partial charge in [-0.1, -0.05) is 121 Å². The van der Waals surface area contributed by atoms with E-state index in [9.17, 15) is 0 Å². The molecule has 3 aliphatic rings. The molecular formula is C60H43BN6O. The van der Waals surface area contributed by atoms with E-state index >= 15 is 0 Å². The average Bonchev–Trinajstić information content (AvgIpc) is 3.80. The molecule has 0 N–H and O–H groups in total. The zero-order valence-electron chi connectivity index (χ0n) is 37.0. The lowest BCUT2D eigenvalue weighted by Crippen LogP contribution is -2.61. The fraction of sp³-hybridized carbons (Fsp3) is 0.0167. The third kappa shape index (κ3) is 6.64. The Balaban J connectivity index is 0.948. The molecule has 13 rings (SSSR count). The van der Waals surface area contributed by atoms with Gasteiger partial charge < -0.3 is 24.3 Å². The normalized spacial score (nSPS) is 13.1. The lowest BCUT2D eigenvalue weighted by atomic mass is 9.33. The predicted molar refractivity (Wildman–Crippen MR) is 281 cm³/mol. The van der Waals surface area contributed by atoms with Crippen LogP contribution in [0.25, 0.3) is 0 Å². The van der Waals surface area contributed by atoms with E-state index in [1.807, 2.05) is 30.5 Å². The fourth-order valence-electron chi connectivity index (χ4n) is 10.4. The Hall–Kier alpha value is -9.01. The number of ether oxygens (including phenoxy) is 1. The second-order valence-electron chi connectivity index (χ2n) is 17.2. The highest BCUT2D eigenvalue weighted by atomic mass is 16.5. The number of hydrogen-bond acceptors (Lipinski definition) is 7. The topological polar surface area (TPSA) is 38.3 Å². The molecule has 0 saturated carbocycles. The summed E-state index contributed by atoms with van der Waals surface area (Å²) >= 11 is 0. The van der Waals surface area contributed by atoms with Gasteiger partial charge in [0.05, 0.1) is 22.7 Å². The van der Waals surface area contributed by atoms with E-state index in [4.69, 9.17) is 9.72 Å². The number of rotatable bonds is 9. The van der Waals surface area contributed by atoms with Gasteiger partial charge >= 0.3 is 0 Å². The molecule has 0 spiro atoms. The van der Waals surface area contributed by atoms with E-state index in [2.05, 4.69) is 243 Å². The number of benzene rings is 9. The Labute approximate surface area is 396 Å². The minimum absolute atomic E-state index is 0.00705. The van der Waals surface area contributed by atoms with E-state index in [1.165, 1.54) is 22.1 Å². The summed E-state index contributed by atoms with van der Waals surface area (Å²) in [6.07, 6.45) is 1.86. The maximum atomic E-state index is 6.82. The van der Waals surface area contributed by atoms with Crippen LogP contribution in [0.4, 0.5) is 74.1 Å². The molecule has 7 nitrogen and oxygen atoms in total. The Kier molecular flexibility index (Phi) is 9.53. The summed E-state index contributed by atoms with van der Waals surface area (Å²) in [6, 6.07) is 85.9. The summed E-state index contributed by atoms with van der Waals surface area (Å²) in [7, 11) is 0. The standard InChI is InChI=1S/C60H43BN6O/c1-4-20-43(21-5-1)63-42-64(56-35-15-14-34-55(56)63)46-26-18-28-49(38-46)68-50-29-19-27-47(39-50)65(59-36-16-17-37-62-59)48-40-57-60-58(41-48)67(45-24-8-3-9-25-45)54-33-13-11-31-52(54)61(60)51-30-10-12-32-53(51)66(57)44-22-6-2-7-23-44/h1-41H,42H2. The zero-order chi connectivity index (χ0) is 45.0. The molecule has 0 unspecified atom stereocenters. The Morgan fingerprint density at radius 2 is 0.868 bits per heavy atom. The lowest BCUT2D eigenvalue weighted by molar-refractivity contribution is 0.483. The molecule has 68 heavy (non-hydrogen) atoms.